The van der Waals surface area contributed by atoms with Crippen LogP contribution in [0.5, 0.6) is 11.6 Å². The van der Waals surface area contributed by atoms with Gasteiger partial charge in [-0.3, -0.25) is 0 Å². The molecule has 0 fully saturated rings. The van der Waals surface area contributed by atoms with E-state index < -0.39 is 5.60 Å². The Labute approximate surface area is 119 Å². The topological polar surface area (TPSA) is 60.9 Å². The maximum absolute atomic E-state index is 11.7. The number of amides is 1. The Morgan fingerprint density at radius 3 is 2.55 bits per heavy atom. The van der Waals surface area contributed by atoms with Crippen LogP contribution in [0.25, 0.3) is 0 Å². The molecule has 112 valence electrons. The van der Waals surface area contributed by atoms with Gasteiger partial charge in [0, 0.05) is 13.1 Å². The number of hydrogen-bond donors (Lipinski definition) is 0. The Bertz CT molecular complexity index is 426. The van der Waals surface area contributed by atoms with E-state index in [1.165, 1.54) is 4.90 Å². The number of carbonyl (C=O) groups is 1. The second kappa shape index (κ2) is 6.98. The number of rotatable bonds is 5. The molecule has 0 aromatic carbocycles. The van der Waals surface area contributed by atoms with Gasteiger partial charge in [-0.1, -0.05) is 0 Å². The van der Waals surface area contributed by atoms with Crippen molar-refractivity contribution in [1.29, 1.82) is 0 Å². The molecule has 1 aromatic heterocycles. The van der Waals surface area contributed by atoms with Gasteiger partial charge in [-0.2, -0.15) is 0 Å². The molecule has 0 saturated carbocycles. The molecule has 0 radical (unpaired) electrons. The fourth-order valence-corrected chi connectivity index (χ4v) is 1.30. The second-order valence-electron chi connectivity index (χ2n) is 5.29. The summed E-state index contributed by atoms with van der Waals surface area (Å²) in [5.41, 5.74) is -0.494. The van der Waals surface area contributed by atoms with Gasteiger partial charge in [0.15, 0.2) is 0 Å². The van der Waals surface area contributed by atoms with Crippen LogP contribution in [0.1, 0.15) is 20.8 Å². The molecule has 6 nitrogen and oxygen atoms in total. The third-order valence-corrected chi connectivity index (χ3v) is 2.32. The van der Waals surface area contributed by atoms with Gasteiger partial charge in [-0.15, -0.1) is 0 Å². The number of ether oxygens (including phenoxy) is 3. The van der Waals surface area contributed by atoms with Crippen LogP contribution in [-0.4, -0.2) is 48.9 Å². The van der Waals surface area contributed by atoms with Gasteiger partial charge in [-0.05, 0) is 26.8 Å². The SMILES string of the molecule is COc1ccc(OCCN(C)C(=O)OC(C)(C)C)cn1. The van der Waals surface area contributed by atoms with Gasteiger partial charge in [-0.25, -0.2) is 9.78 Å². The lowest BCUT2D eigenvalue weighted by molar-refractivity contribution is 0.0278. The minimum Gasteiger partial charge on any atom is -0.490 e. The summed E-state index contributed by atoms with van der Waals surface area (Å²) in [6.07, 6.45) is 1.21. The third-order valence-electron chi connectivity index (χ3n) is 2.32. The monoisotopic (exact) mass is 282 g/mol. The van der Waals surface area contributed by atoms with Gasteiger partial charge < -0.3 is 19.1 Å². The molecule has 1 heterocycles. The second-order valence-corrected chi connectivity index (χ2v) is 5.29. The molecule has 0 atom stereocenters. The fourth-order valence-electron chi connectivity index (χ4n) is 1.30. The van der Waals surface area contributed by atoms with Crippen molar-refractivity contribution in [2.24, 2.45) is 0 Å². The molecule has 0 aliphatic heterocycles. The summed E-state index contributed by atoms with van der Waals surface area (Å²) in [4.78, 5) is 17.2. The summed E-state index contributed by atoms with van der Waals surface area (Å²) in [5.74, 6) is 1.16. The number of carbonyl (C=O) groups excluding carboxylic acids is 1. The van der Waals surface area contributed by atoms with Crippen LogP contribution in [0, 0.1) is 0 Å². The standard InChI is InChI=1S/C14H22N2O4/c1-14(2,3)20-13(17)16(4)8-9-19-11-6-7-12(18-5)15-10-11/h6-7,10H,8-9H2,1-5H3. The van der Waals surface area contributed by atoms with Gasteiger partial charge in [0.25, 0.3) is 0 Å². The normalized spacial score (nSPS) is 10.8. The van der Waals surface area contributed by atoms with E-state index in [4.69, 9.17) is 14.2 Å². The first kappa shape index (κ1) is 16.1. The first-order chi connectivity index (χ1) is 9.31. The average molecular weight is 282 g/mol. The summed E-state index contributed by atoms with van der Waals surface area (Å²) in [6.45, 7) is 6.29. The number of methoxy groups -OCH3 is 1. The number of likely N-dealkylation sites (N-methyl/N-ethyl adjacent to an activating group) is 1. The largest absolute Gasteiger partial charge is 0.490 e. The summed E-state index contributed by atoms with van der Waals surface area (Å²) in [7, 11) is 3.22. The lowest BCUT2D eigenvalue weighted by Crippen LogP contribution is -2.36. The van der Waals surface area contributed by atoms with Crippen LogP contribution in [0.3, 0.4) is 0 Å². The van der Waals surface area contributed by atoms with Crippen molar-refractivity contribution >= 4 is 6.09 Å². The zero-order valence-corrected chi connectivity index (χ0v) is 12.7. The van der Waals surface area contributed by atoms with Crippen molar-refractivity contribution in [3.8, 4) is 11.6 Å². The van der Waals surface area contributed by atoms with Crippen molar-refractivity contribution < 1.29 is 19.0 Å². The van der Waals surface area contributed by atoms with Crippen molar-refractivity contribution in [3.05, 3.63) is 18.3 Å². The Morgan fingerprint density at radius 1 is 1.35 bits per heavy atom. The minimum absolute atomic E-state index is 0.365. The summed E-state index contributed by atoms with van der Waals surface area (Å²) >= 11 is 0. The van der Waals surface area contributed by atoms with Crippen LogP contribution in [0.15, 0.2) is 18.3 Å². The Morgan fingerprint density at radius 2 is 2.05 bits per heavy atom. The summed E-state index contributed by atoms with van der Waals surface area (Å²) in [5, 5.41) is 0. The predicted molar refractivity (Wildman–Crippen MR) is 75.1 cm³/mol. The fraction of sp³-hybridized carbons (Fsp3) is 0.571. The maximum Gasteiger partial charge on any atom is 0.410 e. The number of pyridine rings is 1. The van der Waals surface area contributed by atoms with Gasteiger partial charge in [0.05, 0.1) is 19.9 Å². The predicted octanol–water partition coefficient (Wildman–Crippen LogP) is 2.34. The molecule has 0 bridgehead atoms. The molecule has 1 amide bonds. The Hall–Kier alpha value is -1.98. The van der Waals surface area contributed by atoms with Crippen molar-refractivity contribution in [2.45, 2.75) is 26.4 Å². The van der Waals surface area contributed by atoms with Gasteiger partial charge in [0.2, 0.25) is 5.88 Å². The van der Waals surface area contributed by atoms with E-state index in [9.17, 15) is 4.79 Å². The Balaban J connectivity index is 2.34. The molecule has 1 rings (SSSR count). The number of nitrogens with zero attached hydrogens (tertiary/aromatic N) is 2. The third kappa shape index (κ3) is 5.77. The van der Waals surface area contributed by atoms with Crippen LogP contribution in [0.4, 0.5) is 4.79 Å². The lowest BCUT2D eigenvalue weighted by Gasteiger charge is -2.24. The molecule has 1 aromatic rings. The summed E-state index contributed by atoms with van der Waals surface area (Å²) < 4.78 is 15.7. The smallest absolute Gasteiger partial charge is 0.410 e. The van der Waals surface area contributed by atoms with Crippen LogP contribution in [0.2, 0.25) is 0 Å². The van der Waals surface area contributed by atoms with Gasteiger partial charge >= 0.3 is 6.09 Å². The molecule has 0 N–H and O–H groups in total. The Kier molecular flexibility index (Phi) is 5.61. The quantitative estimate of drug-likeness (QED) is 0.829. The first-order valence-electron chi connectivity index (χ1n) is 6.39. The minimum atomic E-state index is -0.494. The van der Waals surface area contributed by atoms with Crippen LogP contribution >= 0.6 is 0 Å². The van der Waals surface area contributed by atoms with E-state index in [0.717, 1.165) is 0 Å². The molecule has 0 aliphatic carbocycles. The highest BCUT2D eigenvalue weighted by atomic mass is 16.6. The zero-order valence-electron chi connectivity index (χ0n) is 12.7. The lowest BCUT2D eigenvalue weighted by atomic mass is 10.2. The van der Waals surface area contributed by atoms with E-state index >= 15 is 0 Å². The van der Waals surface area contributed by atoms with Crippen LogP contribution in [-0.2, 0) is 4.74 Å². The number of hydrogen-bond acceptors (Lipinski definition) is 5. The number of aromatic nitrogens is 1. The zero-order chi connectivity index (χ0) is 15.2. The molecular weight excluding hydrogens is 260 g/mol. The molecule has 0 aliphatic rings. The highest BCUT2D eigenvalue weighted by Crippen LogP contribution is 2.13. The van der Waals surface area contributed by atoms with E-state index in [1.807, 2.05) is 20.8 Å². The molecular formula is C14H22N2O4. The average Bonchev–Trinajstić information content (AvgIpc) is 2.37. The van der Waals surface area contributed by atoms with Crippen molar-refractivity contribution in [3.63, 3.8) is 0 Å². The molecule has 0 unspecified atom stereocenters. The van der Waals surface area contributed by atoms with Crippen molar-refractivity contribution in [1.82, 2.24) is 9.88 Å². The molecule has 20 heavy (non-hydrogen) atoms. The molecule has 0 spiro atoms. The van der Waals surface area contributed by atoms with E-state index in [-0.39, 0.29) is 6.09 Å². The van der Waals surface area contributed by atoms with Crippen LogP contribution < -0.4 is 9.47 Å². The molecule has 0 saturated heterocycles. The summed E-state index contributed by atoms with van der Waals surface area (Å²) in [6, 6.07) is 3.48. The van der Waals surface area contributed by atoms with Gasteiger partial charge in [0.1, 0.15) is 18.0 Å². The van der Waals surface area contributed by atoms with E-state index in [0.29, 0.717) is 24.8 Å². The van der Waals surface area contributed by atoms with E-state index in [2.05, 4.69) is 4.98 Å². The van der Waals surface area contributed by atoms with Crippen molar-refractivity contribution in [2.75, 3.05) is 27.3 Å². The molecule has 6 heteroatoms. The highest BCUT2D eigenvalue weighted by Gasteiger charge is 2.19. The highest BCUT2D eigenvalue weighted by molar-refractivity contribution is 5.67. The first-order valence-corrected chi connectivity index (χ1v) is 6.39. The van der Waals surface area contributed by atoms with E-state index in [1.54, 1.807) is 32.5 Å². The maximum atomic E-state index is 11.7.